The lowest BCUT2D eigenvalue weighted by molar-refractivity contribution is 0.0547. The number of hydrogen-bond acceptors (Lipinski definition) is 4. The van der Waals surface area contributed by atoms with E-state index in [4.69, 9.17) is 0 Å². The molecule has 0 radical (unpaired) electrons. The van der Waals surface area contributed by atoms with Crippen LogP contribution >= 0.6 is 0 Å². The molecule has 0 fully saturated rings. The van der Waals surface area contributed by atoms with E-state index in [1.807, 2.05) is 0 Å². The van der Waals surface area contributed by atoms with Crippen molar-refractivity contribution in [3.63, 3.8) is 0 Å². The van der Waals surface area contributed by atoms with Gasteiger partial charge in [0.2, 0.25) is 0 Å². The molecular formula is C10H6O4. The van der Waals surface area contributed by atoms with E-state index >= 15 is 0 Å². The van der Waals surface area contributed by atoms with Gasteiger partial charge >= 0.3 is 0 Å². The highest BCUT2D eigenvalue weighted by Crippen LogP contribution is 2.43. The van der Waals surface area contributed by atoms with E-state index in [0.29, 0.717) is 10.8 Å². The van der Waals surface area contributed by atoms with Gasteiger partial charge in [0.25, 0.3) is 11.2 Å². The predicted octanol–water partition coefficient (Wildman–Crippen LogP) is 2.59. The van der Waals surface area contributed by atoms with Gasteiger partial charge in [0.15, 0.2) is 11.5 Å². The third kappa shape index (κ3) is 0.682. The Morgan fingerprint density at radius 1 is 0.786 bits per heavy atom. The van der Waals surface area contributed by atoms with Crippen molar-refractivity contribution < 1.29 is 19.4 Å². The molecule has 3 aromatic rings. The largest absolute Gasteiger partial charge is 0.504 e. The van der Waals surface area contributed by atoms with Crippen molar-refractivity contribution in [2.24, 2.45) is 0 Å². The van der Waals surface area contributed by atoms with Gasteiger partial charge in [-0.2, -0.15) is 0 Å². The second kappa shape index (κ2) is 2.23. The minimum absolute atomic E-state index is 0.000324. The number of rotatable bonds is 0. The zero-order chi connectivity index (χ0) is 9.71. The molecule has 0 aliphatic rings. The molecule has 0 amide bonds. The summed E-state index contributed by atoms with van der Waals surface area (Å²) in [7, 11) is 0. The van der Waals surface area contributed by atoms with E-state index in [9.17, 15) is 10.2 Å². The lowest BCUT2D eigenvalue weighted by Crippen LogP contribution is -1.82. The Kier molecular flexibility index (Phi) is 1.16. The smallest absolute Gasteiger partial charge is 0.271 e. The van der Waals surface area contributed by atoms with E-state index in [2.05, 4.69) is 9.15 Å². The Morgan fingerprint density at radius 3 is 1.57 bits per heavy atom. The van der Waals surface area contributed by atoms with Crippen molar-refractivity contribution in [3.8, 4) is 11.5 Å². The van der Waals surface area contributed by atoms with Crippen molar-refractivity contribution >= 4 is 21.9 Å². The fourth-order valence-electron chi connectivity index (χ4n) is 1.56. The standard InChI is InChI=1S/C10H6O4/c11-7-5-3-1-2-4-6(5)8(12)10-9(7)13-14-10/h1-4,11-12H. The van der Waals surface area contributed by atoms with Crippen LogP contribution in [-0.4, -0.2) is 10.2 Å². The zero-order valence-electron chi connectivity index (χ0n) is 7.02. The Bertz CT molecular complexity index is 563. The Hall–Kier alpha value is -2.10. The summed E-state index contributed by atoms with van der Waals surface area (Å²) in [6.07, 6.45) is 0. The highest BCUT2D eigenvalue weighted by Gasteiger charge is 2.20. The van der Waals surface area contributed by atoms with Crippen molar-refractivity contribution in [2.45, 2.75) is 0 Å². The first-order chi connectivity index (χ1) is 6.79. The molecule has 1 heterocycles. The van der Waals surface area contributed by atoms with Crippen molar-refractivity contribution in [3.05, 3.63) is 24.3 Å². The van der Waals surface area contributed by atoms with Gasteiger partial charge in [-0.3, -0.25) is 9.15 Å². The average Bonchev–Trinajstić information content (AvgIpc) is 2.14. The van der Waals surface area contributed by atoms with Crippen LogP contribution in [-0.2, 0) is 0 Å². The van der Waals surface area contributed by atoms with Crippen molar-refractivity contribution in [2.75, 3.05) is 0 Å². The van der Waals surface area contributed by atoms with E-state index in [0.717, 1.165) is 0 Å². The molecule has 70 valence electrons. The normalized spacial score (nSPS) is 11.4. The minimum Gasteiger partial charge on any atom is -0.504 e. The van der Waals surface area contributed by atoms with Crippen LogP contribution in [0.4, 0.5) is 0 Å². The van der Waals surface area contributed by atoms with Gasteiger partial charge in [0.1, 0.15) is 0 Å². The van der Waals surface area contributed by atoms with Crippen LogP contribution in [0.25, 0.3) is 21.9 Å². The molecule has 2 N–H and O–H groups in total. The van der Waals surface area contributed by atoms with Crippen LogP contribution in [0.2, 0.25) is 0 Å². The third-order valence-corrected chi connectivity index (χ3v) is 2.28. The first kappa shape index (κ1) is 7.32. The molecule has 0 aliphatic carbocycles. The summed E-state index contributed by atoms with van der Waals surface area (Å²) in [5.41, 5.74) is 0.391. The summed E-state index contributed by atoms with van der Waals surface area (Å²) < 4.78 is 9.17. The van der Waals surface area contributed by atoms with Gasteiger partial charge in [-0.1, -0.05) is 24.3 Å². The molecule has 1 aromatic heterocycles. The number of fused-ring (bicyclic) bond motifs is 2. The molecule has 0 spiro atoms. The van der Waals surface area contributed by atoms with Crippen LogP contribution in [0.5, 0.6) is 11.5 Å². The Labute approximate surface area is 77.9 Å². The molecule has 14 heavy (non-hydrogen) atoms. The number of benzene rings is 2. The van der Waals surface area contributed by atoms with Gasteiger partial charge in [-0.15, -0.1) is 0 Å². The maximum atomic E-state index is 9.70. The molecule has 0 saturated heterocycles. The maximum absolute atomic E-state index is 9.70. The number of aromatic hydroxyl groups is 2. The van der Waals surface area contributed by atoms with Gasteiger partial charge < -0.3 is 10.2 Å². The third-order valence-electron chi connectivity index (χ3n) is 2.28. The fraction of sp³-hybridized carbons (Fsp3) is 0. The topological polar surface area (TPSA) is 66.7 Å². The quantitative estimate of drug-likeness (QED) is 0.422. The molecule has 0 unspecified atom stereocenters. The highest BCUT2D eigenvalue weighted by molar-refractivity contribution is 6.06. The molecule has 0 saturated carbocycles. The number of phenols is 2. The summed E-state index contributed by atoms with van der Waals surface area (Å²) in [4.78, 5) is 0. The van der Waals surface area contributed by atoms with Gasteiger partial charge in [-0.25, -0.2) is 0 Å². The molecule has 0 bridgehead atoms. The second-order valence-corrected chi connectivity index (χ2v) is 3.07. The van der Waals surface area contributed by atoms with E-state index < -0.39 is 0 Å². The van der Waals surface area contributed by atoms with Gasteiger partial charge in [0.05, 0.1) is 0 Å². The second-order valence-electron chi connectivity index (χ2n) is 3.07. The number of phenolic OH excluding ortho intramolecular Hbond substituents is 2. The molecule has 2 aromatic carbocycles. The van der Waals surface area contributed by atoms with Gasteiger partial charge in [0, 0.05) is 10.8 Å². The maximum Gasteiger partial charge on any atom is 0.271 e. The lowest BCUT2D eigenvalue weighted by Gasteiger charge is -2.07. The molecule has 0 atom stereocenters. The van der Waals surface area contributed by atoms with Gasteiger partial charge in [-0.05, 0) is 0 Å². The summed E-state index contributed by atoms with van der Waals surface area (Å²) in [5, 5.41) is 20.5. The van der Waals surface area contributed by atoms with Crippen LogP contribution in [0.15, 0.2) is 33.4 Å². The summed E-state index contributed by atoms with van der Waals surface area (Å²) >= 11 is 0. The lowest BCUT2D eigenvalue weighted by atomic mass is 10.1. The summed E-state index contributed by atoms with van der Waals surface area (Å²) in [5.74, 6) is -0.000648. The first-order valence-corrected chi connectivity index (χ1v) is 4.10. The number of hydrogen-bond donors (Lipinski definition) is 2. The van der Waals surface area contributed by atoms with E-state index in [1.54, 1.807) is 24.3 Å². The minimum atomic E-state index is -0.000324. The predicted molar refractivity (Wildman–Crippen MR) is 49.3 cm³/mol. The van der Waals surface area contributed by atoms with Crippen molar-refractivity contribution in [1.29, 1.82) is 0 Å². The zero-order valence-corrected chi connectivity index (χ0v) is 7.02. The van der Waals surface area contributed by atoms with Crippen LogP contribution < -0.4 is 0 Å². The fourth-order valence-corrected chi connectivity index (χ4v) is 1.56. The van der Waals surface area contributed by atoms with E-state index in [-0.39, 0.29) is 22.7 Å². The molecule has 3 rings (SSSR count). The van der Waals surface area contributed by atoms with Crippen molar-refractivity contribution in [1.82, 2.24) is 0 Å². The molecule has 4 nitrogen and oxygen atoms in total. The van der Waals surface area contributed by atoms with Crippen LogP contribution in [0.1, 0.15) is 0 Å². The summed E-state index contributed by atoms with van der Waals surface area (Å²) in [6.45, 7) is 0. The monoisotopic (exact) mass is 190 g/mol. The highest BCUT2D eigenvalue weighted by atomic mass is 17.0. The van der Waals surface area contributed by atoms with Crippen LogP contribution in [0, 0.1) is 0 Å². The Balaban J connectivity index is 2.65. The SMILES string of the molecule is Oc1c2ccccc2c(O)c2ooc12. The molecular weight excluding hydrogens is 184 g/mol. The Morgan fingerprint density at radius 2 is 1.21 bits per heavy atom. The van der Waals surface area contributed by atoms with E-state index in [1.165, 1.54) is 0 Å². The first-order valence-electron chi connectivity index (χ1n) is 4.10. The average molecular weight is 190 g/mol. The summed E-state index contributed by atoms with van der Waals surface area (Å²) in [6, 6.07) is 6.94. The molecule has 4 heteroatoms. The molecule has 0 aliphatic heterocycles. The van der Waals surface area contributed by atoms with Crippen LogP contribution in [0.3, 0.4) is 0 Å².